The number of halogens is 3. The number of anilines is 1. The van der Waals surface area contributed by atoms with Gasteiger partial charge in [-0.3, -0.25) is 0 Å². The van der Waals surface area contributed by atoms with Gasteiger partial charge >= 0.3 is 6.18 Å². The molecule has 0 heterocycles. The Morgan fingerprint density at radius 2 is 1.32 bits per heavy atom. The second-order valence-electron chi connectivity index (χ2n) is 6.73. The molecule has 0 atom stereocenters. The van der Waals surface area contributed by atoms with Crippen LogP contribution in [0.3, 0.4) is 0 Å². The SMILES string of the molecule is CC(C)(C)N(c1cccc(C(F)(F)F)c1)C(C)(C)C. The second kappa shape index (κ2) is 4.73. The maximum Gasteiger partial charge on any atom is 0.416 e. The summed E-state index contributed by atoms with van der Waals surface area (Å²) in [5.74, 6) is 0. The first-order valence-electron chi connectivity index (χ1n) is 6.31. The Hall–Kier alpha value is -1.19. The molecular formula is C15H22F3N. The number of rotatable bonds is 1. The Morgan fingerprint density at radius 3 is 1.68 bits per heavy atom. The topological polar surface area (TPSA) is 3.24 Å². The van der Waals surface area contributed by atoms with E-state index in [1.165, 1.54) is 12.1 Å². The van der Waals surface area contributed by atoms with Gasteiger partial charge in [-0.05, 0) is 59.7 Å². The van der Waals surface area contributed by atoms with E-state index in [1.807, 2.05) is 46.4 Å². The van der Waals surface area contributed by atoms with E-state index < -0.39 is 11.7 Å². The van der Waals surface area contributed by atoms with Crippen LogP contribution in [0.1, 0.15) is 47.1 Å². The highest BCUT2D eigenvalue weighted by molar-refractivity contribution is 5.53. The van der Waals surface area contributed by atoms with E-state index in [2.05, 4.69) is 0 Å². The molecule has 0 unspecified atom stereocenters. The van der Waals surface area contributed by atoms with Crippen molar-refractivity contribution in [1.29, 1.82) is 0 Å². The normalized spacial score (nSPS) is 13.5. The van der Waals surface area contributed by atoms with Crippen molar-refractivity contribution < 1.29 is 13.2 Å². The van der Waals surface area contributed by atoms with Crippen LogP contribution in [0.25, 0.3) is 0 Å². The molecule has 1 nitrogen and oxygen atoms in total. The summed E-state index contributed by atoms with van der Waals surface area (Å²) in [7, 11) is 0. The lowest BCUT2D eigenvalue weighted by Gasteiger charge is -2.47. The molecule has 108 valence electrons. The third kappa shape index (κ3) is 3.88. The van der Waals surface area contributed by atoms with E-state index in [0.717, 1.165) is 6.07 Å². The lowest BCUT2D eigenvalue weighted by atomic mass is 9.94. The molecule has 0 amide bonds. The van der Waals surface area contributed by atoms with Gasteiger partial charge in [-0.1, -0.05) is 6.07 Å². The van der Waals surface area contributed by atoms with Crippen LogP contribution in [-0.2, 0) is 6.18 Å². The first-order chi connectivity index (χ1) is 8.33. The van der Waals surface area contributed by atoms with E-state index in [4.69, 9.17) is 0 Å². The van der Waals surface area contributed by atoms with Gasteiger partial charge in [-0.15, -0.1) is 0 Å². The lowest BCUT2D eigenvalue weighted by molar-refractivity contribution is -0.137. The average Bonchev–Trinajstić information content (AvgIpc) is 2.11. The largest absolute Gasteiger partial charge is 0.416 e. The van der Waals surface area contributed by atoms with Gasteiger partial charge in [0.25, 0.3) is 0 Å². The van der Waals surface area contributed by atoms with Gasteiger partial charge in [0.2, 0.25) is 0 Å². The Labute approximate surface area is 113 Å². The predicted octanol–water partition coefficient (Wildman–Crippen LogP) is 5.11. The molecule has 0 saturated heterocycles. The van der Waals surface area contributed by atoms with Gasteiger partial charge in [0, 0.05) is 16.8 Å². The van der Waals surface area contributed by atoms with Crippen LogP contribution < -0.4 is 4.90 Å². The molecule has 0 aliphatic heterocycles. The molecule has 0 aromatic heterocycles. The number of hydrogen-bond acceptors (Lipinski definition) is 1. The minimum absolute atomic E-state index is 0.261. The fourth-order valence-electron chi connectivity index (χ4n) is 2.60. The first kappa shape index (κ1) is 15.9. The van der Waals surface area contributed by atoms with E-state index in [9.17, 15) is 13.2 Å². The first-order valence-corrected chi connectivity index (χ1v) is 6.31. The van der Waals surface area contributed by atoms with Crippen molar-refractivity contribution in [3.8, 4) is 0 Å². The van der Waals surface area contributed by atoms with Crippen molar-refractivity contribution in [2.75, 3.05) is 4.90 Å². The second-order valence-corrected chi connectivity index (χ2v) is 6.73. The minimum atomic E-state index is -4.31. The number of benzene rings is 1. The molecule has 0 fully saturated rings. The van der Waals surface area contributed by atoms with E-state index >= 15 is 0 Å². The summed E-state index contributed by atoms with van der Waals surface area (Å²) in [6.07, 6.45) is -4.31. The van der Waals surface area contributed by atoms with Crippen molar-refractivity contribution in [3.05, 3.63) is 29.8 Å². The molecule has 0 radical (unpaired) electrons. The van der Waals surface area contributed by atoms with Crippen molar-refractivity contribution in [2.24, 2.45) is 0 Å². The maximum absolute atomic E-state index is 12.8. The summed E-state index contributed by atoms with van der Waals surface area (Å²) in [5.41, 5.74) is -0.538. The average molecular weight is 273 g/mol. The van der Waals surface area contributed by atoms with Gasteiger partial charge in [0.05, 0.1) is 5.56 Å². The van der Waals surface area contributed by atoms with Gasteiger partial charge in [-0.25, -0.2) is 0 Å². The quantitative estimate of drug-likeness (QED) is 0.687. The highest BCUT2D eigenvalue weighted by Gasteiger charge is 2.35. The lowest BCUT2D eigenvalue weighted by Crippen LogP contribution is -2.53. The predicted molar refractivity (Wildman–Crippen MR) is 73.4 cm³/mol. The molecule has 1 aromatic rings. The third-order valence-corrected chi connectivity index (χ3v) is 2.77. The molecule has 4 heteroatoms. The van der Waals surface area contributed by atoms with Crippen molar-refractivity contribution in [2.45, 2.75) is 58.8 Å². The Kier molecular flexibility index (Phi) is 3.95. The van der Waals surface area contributed by atoms with Gasteiger partial charge < -0.3 is 4.90 Å². The van der Waals surface area contributed by atoms with Crippen molar-refractivity contribution >= 4 is 5.69 Å². The molecular weight excluding hydrogens is 251 g/mol. The Morgan fingerprint density at radius 1 is 0.842 bits per heavy atom. The monoisotopic (exact) mass is 273 g/mol. The van der Waals surface area contributed by atoms with Crippen molar-refractivity contribution in [3.63, 3.8) is 0 Å². The number of alkyl halides is 3. The minimum Gasteiger partial charge on any atom is -0.362 e. The summed E-state index contributed by atoms with van der Waals surface area (Å²) in [5, 5.41) is 0. The van der Waals surface area contributed by atoms with E-state index in [0.29, 0.717) is 5.69 Å². The van der Waals surface area contributed by atoms with Crippen LogP contribution in [0.4, 0.5) is 18.9 Å². The molecule has 0 saturated carbocycles. The van der Waals surface area contributed by atoms with Crippen LogP contribution in [0.2, 0.25) is 0 Å². The standard InChI is InChI=1S/C15H22F3N/c1-13(2,3)19(14(4,5)6)12-9-7-8-11(10-12)15(16,17)18/h7-10H,1-6H3. The number of hydrogen-bond donors (Lipinski definition) is 0. The summed E-state index contributed by atoms with van der Waals surface area (Å²) in [6.45, 7) is 12.0. The summed E-state index contributed by atoms with van der Waals surface area (Å²) < 4.78 is 38.4. The van der Waals surface area contributed by atoms with Crippen LogP contribution >= 0.6 is 0 Å². The molecule has 0 N–H and O–H groups in total. The summed E-state index contributed by atoms with van der Waals surface area (Å²) in [4.78, 5) is 2.01. The zero-order valence-electron chi connectivity index (χ0n) is 12.4. The van der Waals surface area contributed by atoms with Gasteiger partial charge in [0.1, 0.15) is 0 Å². The molecule has 0 bridgehead atoms. The highest BCUT2D eigenvalue weighted by Crippen LogP contribution is 2.36. The third-order valence-electron chi connectivity index (χ3n) is 2.77. The smallest absolute Gasteiger partial charge is 0.362 e. The molecule has 0 spiro atoms. The summed E-state index contributed by atoms with van der Waals surface area (Å²) >= 11 is 0. The van der Waals surface area contributed by atoms with Crippen LogP contribution in [0.15, 0.2) is 24.3 Å². The summed E-state index contributed by atoms with van der Waals surface area (Å²) in [6, 6.07) is 5.51. The number of nitrogens with zero attached hydrogens (tertiary/aromatic N) is 1. The fourth-order valence-corrected chi connectivity index (χ4v) is 2.60. The molecule has 0 aliphatic rings. The molecule has 0 aliphatic carbocycles. The molecule has 1 aromatic carbocycles. The highest BCUT2D eigenvalue weighted by atomic mass is 19.4. The van der Waals surface area contributed by atoms with E-state index in [-0.39, 0.29) is 11.1 Å². The van der Waals surface area contributed by atoms with E-state index in [1.54, 1.807) is 6.07 Å². The Balaban J connectivity index is 3.34. The zero-order valence-corrected chi connectivity index (χ0v) is 12.4. The molecule has 1 rings (SSSR count). The van der Waals surface area contributed by atoms with Crippen LogP contribution in [0.5, 0.6) is 0 Å². The van der Waals surface area contributed by atoms with Crippen molar-refractivity contribution in [1.82, 2.24) is 0 Å². The molecule has 19 heavy (non-hydrogen) atoms. The van der Waals surface area contributed by atoms with Gasteiger partial charge in [-0.2, -0.15) is 13.2 Å². The van der Waals surface area contributed by atoms with Crippen LogP contribution in [-0.4, -0.2) is 11.1 Å². The maximum atomic E-state index is 12.8. The van der Waals surface area contributed by atoms with Crippen LogP contribution in [0, 0.1) is 0 Å². The zero-order chi connectivity index (χ0) is 15.1. The Bertz CT molecular complexity index is 422. The van der Waals surface area contributed by atoms with Gasteiger partial charge in [0.15, 0.2) is 0 Å². The fraction of sp³-hybridized carbons (Fsp3) is 0.600.